The maximum absolute atomic E-state index is 12.6. The topological polar surface area (TPSA) is 105 Å². The molecule has 1 aliphatic rings. The first-order valence-corrected chi connectivity index (χ1v) is 11.4. The molecule has 0 radical (unpaired) electrons. The summed E-state index contributed by atoms with van der Waals surface area (Å²) >= 11 is 0. The molecule has 2 amide bonds. The van der Waals surface area contributed by atoms with Crippen molar-refractivity contribution in [2.45, 2.75) is 38.6 Å². The quantitative estimate of drug-likeness (QED) is 0.431. The molecule has 4 rings (SSSR count). The largest absolute Gasteiger partial charge is 0.478 e. The van der Waals surface area contributed by atoms with Gasteiger partial charge in [-0.15, -0.1) is 0 Å². The van der Waals surface area contributed by atoms with Gasteiger partial charge in [0.15, 0.2) is 0 Å². The Kier molecular flexibility index (Phi) is 6.60. The second-order valence-corrected chi connectivity index (χ2v) is 9.34. The molecule has 0 fully saturated rings. The van der Waals surface area contributed by atoms with Crippen LogP contribution in [0.2, 0.25) is 0 Å². The first kappa shape index (κ1) is 24.0. The highest BCUT2D eigenvalue weighted by atomic mass is 16.5. The Morgan fingerprint density at radius 2 is 1.51 bits per heavy atom. The Labute approximate surface area is 204 Å². The molecule has 3 aromatic carbocycles. The van der Waals surface area contributed by atoms with E-state index in [1.807, 2.05) is 24.3 Å². The molecule has 7 heteroatoms. The van der Waals surface area contributed by atoms with Gasteiger partial charge in [-0.1, -0.05) is 54.6 Å². The number of hydrogen-bond acceptors (Lipinski definition) is 4. The maximum Gasteiger partial charge on any atom is 0.407 e. The van der Waals surface area contributed by atoms with E-state index in [-0.39, 0.29) is 30.4 Å². The summed E-state index contributed by atoms with van der Waals surface area (Å²) in [6, 6.07) is 20.9. The Bertz CT molecular complexity index is 1250. The number of carbonyl (C=O) groups is 3. The number of anilines is 1. The molecule has 3 N–H and O–H groups in total. The second-order valence-electron chi connectivity index (χ2n) is 9.34. The van der Waals surface area contributed by atoms with E-state index < -0.39 is 17.6 Å². The summed E-state index contributed by atoms with van der Waals surface area (Å²) in [5.41, 5.74) is 4.68. The third-order valence-corrected chi connectivity index (χ3v) is 6.22. The van der Waals surface area contributed by atoms with E-state index in [1.165, 1.54) is 6.07 Å². The van der Waals surface area contributed by atoms with Gasteiger partial charge in [-0.25, -0.2) is 9.59 Å². The van der Waals surface area contributed by atoms with Crippen LogP contribution in [-0.2, 0) is 9.53 Å². The highest BCUT2D eigenvalue weighted by molar-refractivity contribution is 5.96. The van der Waals surface area contributed by atoms with Crippen LogP contribution in [0.15, 0.2) is 66.7 Å². The average molecular weight is 473 g/mol. The highest BCUT2D eigenvalue weighted by Crippen LogP contribution is 2.44. The van der Waals surface area contributed by atoms with Crippen molar-refractivity contribution >= 4 is 23.7 Å². The fraction of sp³-hybridized carbons (Fsp3) is 0.250. The van der Waals surface area contributed by atoms with E-state index >= 15 is 0 Å². The third kappa shape index (κ3) is 5.19. The first-order valence-electron chi connectivity index (χ1n) is 11.4. The normalized spacial score (nSPS) is 12.4. The monoisotopic (exact) mass is 472 g/mol. The number of rotatable bonds is 7. The molecule has 3 aromatic rings. The Morgan fingerprint density at radius 1 is 0.914 bits per heavy atom. The summed E-state index contributed by atoms with van der Waals surface area (Å²) in [5, 5.41) is 14.8. The maximum atomic E-state index is 12.6. The number of nitrogens with one attached hydrogen (secondary N) is 2. The van der Waals surface area contributed by atoms with Gasteiger partial charge < -0.3 is 20.5 Å². The van der Waals surface area contributed by atoms with E-state index in [0.29, 0.717) is 11.3 Å². The number of aromatic carboxylic acids is 1. The number of fused-ring (bicyclic) bond motifs is 3. The van der Waals surface area contributed by atoms with Crippen LogP contribution in [0.1, 0.15) is 53.2 Å². The number of ether oxygens (including phenoxy) is 1. The summed E-state index contributed by atoms with van der Waals surface area (Å²) in [4.78, 5) is 36.6. The molecule has 0 bridgehead atoms. The first-order chi connectivity index (χ1) is 16.7. The van der Waals surface area contributed by atoms with Gasteiger partial charge >= 0.3 is 12.1 Å². The van der Waals surface area contributed by atoms with Crippen LogP contribution in [0.3, 0.4) is 0 Å². The Morgan fingerprint density at radius 3 is 2.11 bits per heavy atom. The van der Waals surface area contributed by atoms with Gasteiger partial charge in [0.25, 0.3) is 0 Å². The fourth-order valence-corrected chi connectivity index (χ4v) is 4.55. The lowest BCUT2D eigenvalue weighted by Crippen LogP contribution is -2.46. The summed E-state index contributed by atoms with van der Waals surface area (Å²) in [6.45, 7) is 5.28. The van der Waals surface area contributed by atoms with Gasteiger partial charge in [-0.3, -0.25) is 4.79 Å². The number of amides is 2. The zero-order valence-electron chi connectivity index (χ0n) is 19.9. The second kappa shape index (κ2) is 9.62. The summed E-state index contributed by atoms with van der Waals surface area (Å²) in [6.07, 6.45) is -0.623. The third-order valence-electron chi connectivity index (χ3n) is 6.22. The molecule has 0 unspecified atom stereocenters. The van der Waals surface area contributed by atoms with Crippen LogP contribution in [0.25, 0.3) is 11.1 Å². The molecular formula is C28H28N2O5. The minimum Gasteiger partial charge on any atom is -0.478 e. The lowest BCUT2D eigenvalue weighted by Gasteiger charge is -2.26. The lowest BCUT2D eigenvalue weighted by molar-refractivity contribution is -0.117. The summed E-state index contributed by atoms with van der Waals surface area (Å²) in [5.74, 6) is -1.46. The van der Waals surface area contributed by atoms with E-state index in [9.17, 15) is 19.5 Å². The zero-order valence-corrected chi connectivity index (χ0v) is 19.9. The van der Waals surface area contributed by atoms with Crippen molar-refractivity contribution in [2.24, 2.45) is 0 Å². The van der Waals surface area contributed by atoms with Crippen LogP contribution >= 0.6 is 0 Å². The molecule has 0 atom stereocenters. The van der Waals surface area contributed by atoms with Crippen LogP contribution in [-0.4, -0.2) is 35.2 Å². The molecule has 180 valence electrons. The smallest absolute Gasteiger partial charge is 0.407 e. The Balaban J connectivity index is 1.36. The van der Waals surface area contributed by atoms with Gasteiger partial charge in [-0.2, -0.15) is 0 Å². The van der Waals surface area contributed by atoms with Gasteiger partial charge in [0.05, 0.1) is 5.56 Å². The van der Waals surface area contributed by atoms with Crippen molar-refractivity contribution in [1.29, 1.82) is 0 Å². The van der Waals surface area contributed by atoms with Crippen molar-refractivity contribution in [3.63, 3.8) is 0 Å². The molecular weight excluding hydrogens is 444 g/mol. The van der Waals surface area contributed by atoms with Crippen LogP contribution in [0, 0.1) is 6.92 Å². The van der Waals surface area contributed by atoms with Crippen molar-refractivity contribution in [1.82, 2.24) is 5.32 Å². The Hall–Kier alpha value is -4.13. The molecule has 35 heavy (non-hydrogen) atoms. The average Bonchev–Trinajstić information content (AvgIpc) is 3.12. The van der Waals surface area contributed by atoms with Crippen LogP contribution in [0.5, 0.6) is 0 Å². The molecule has 0 aliphatic heterocycles. The number of carbonyl (C=O) groups excluding carboxylic acids is 2. The number of alkyl carbamates (subject to hydrolysis) is 1. The van der Waals surface area contributed by atoms with Gasteiger partial charge in [0.1, 0.15) is 6.61 Å². The van der Waals surface area contributed by atoms with E-state index in [0.717, 1.165) is 22.3 Å². The van der Waals surface area contributed by atoms with E-state index in [2.05, 4.69) is 34.9 Å². The predicted molar refractivity (Wildman–Crippen MR) is 134 cm³/mol. The lowest BCUT2D eigenvalue weighted by atomic mass is 9.98. The molecule has 7 nitrogen and oxygen atoms in total. The van der Waals surface area contributed by atoms with Gasteiger partial charge in [0.2, 0.25) is 5.91 Å². The molecule has 0 spiro atoms. The van der Waals surface area contributed by atoms with Crippen LogP contribution in [0.4, 0.5) is 10.5 Å². The van der Waals surface area contributed by atoms with Crippen molar-refractivity contribution in [3.05, 3.63) is 89.0 Å². The SMILES string of the molecule is Cc1c(NC(=O)CC(C)(C)NC(=O)OCC2c3ccccc3-c3ccccc32)cccc1C(=O)O. The molecule has 0 saturated heterocycles. The molecule has 1 aliphatic carbocycles. The number of carboxylic acids is 1. The minimum absolute atomic E-state index is 0.0199. The standard InChI is InChI=1S/C28H28N2O5/c1-17-18(26(32)33)13-8-14-24(17)29-25(31)15-28(2,3)30-27(34)35-16-23-21-11-6-4-9-19(21)20-10-5-7-12-22(20)23/h4-14,23H,15-16H2,1-3H3,(H,29,31)(H,30,34)(H,32,33). The molecule has 0 heterocycles. The molecule has 0 saturated carbocycles. The van der Waals surface area contributed by atoms with E-state index in [1.54, 1.807) is 32.9 Å². The minimum atomic E-state index is -1.06. The van der Waals surface area contributed by atoms with E-state index in [4.69, 9.17) is 4.74 Å². The number of carboxylic acid groups (broad SMARTS) is 1. The summed E-state index contributed by atoms with van der Waals surface area (Å²) < 4.78 is 5.59. The zero-order chi connectivity index (χ0) is 25.2. The number of benzene rings is 3. The van der Waals surface area contributed by atoms with Crippen molar-refractivity contribution in [3.8, 4) is 11.1 Å². The molecule has 0 aromatic heterocycles. The predicted octanol–water partition coefficient (Wildman–Crippen LogP) is 5.34. The van der Waals surface area contributed by atoms with Crippen molar-refractivity contribution < 1.29 is 24.2 Å². The highest BCUT2D eigenvalue weighted by Gasteiger charge is 2.30. The fourth-order valence-electron chi connectivity index (χ4n) is 4.55. The van der Waals surface area contributed by atoms with Gasteiger partial charge in [-0.05, 0) is 60.7 Å². The summed E-state index contributed by atoms with van der Waals surface area (Å²) in [7, 11) is 0. The van der Waals surface area contributed by atoms with Crippen molar-refractivity contribution in [2.75, 3.05) is 11.9 Å². The van der Waals surface area contributed by atoms with Crippen LogP contribution < -0.4 is 10.6 Å². The van der Waals surface area contributed by atoms with Gasteiger partial charge in [0, 0.05) is 23.6 Å². The number of hydrogen-bond donors (Lipinski definition) is 3.